The second kappa shape index (κ2) is 4.09. The number of primary amides is 1. The summed E-state index contributed by atoms with van der Waals surface area (Å²) in [7, 11) is 0. The minimum absolute atomic E-state index is 0.0579. The number of nitrogens with two attached hydrogens (primary N) is 1. The Balaban J connectivity index is 2.28. The highest BCUT2D eigenvalue weighted by molar-refractivity contribution is 5.76. The fraction of sp³-hybridized carbons (Fsp3) is 0.900. The van der Waals surface area contributed by atoms with Gasteiger partial charge in [0.05, 0.1) is 0 Å². The fourth-order valence-corrected chi connectivity index (χ4v) is 1.83. The Kier molecular flexibility index (Phi) is 3.31. The Morgan fingerprint density at radius 1 is 1.54 bits per heavy atom. The summed E-state index contributed by atoms with van der Waals surface area (Å²) >= 11 is 0. The van der Waals surface area contributed by atoms with E-state index in [9.17, 15) is 4.79 Å². The molecule has 1 rings (SSSR count). The Morgan fingerprint density at radius 3 is 2.54 bits per heavy atom. The van der Waals surface area contributed by atoms with Crippen LogP contribution < -0.4 is 11.1 Å². The monoisotopic (exact) mass is 184 g/mol. The van der Waals surface area contributed by atoms with Crippen LogP contribution in [0.2, 0.25) is 0 Å². The van der Waals surface area contributed by atoms with Gasteiger partial charge in [0, 0.05) is 18.0 Å². The third-order valence-corrected chi connectivity index (χ3v) is 3.03. The van der Waals surface area contributed by atoms with Crippen molar-refractivity contribution in [2.75, 3.05) is 6.54 Å². The van der Waals surface area contributed by atoms with Crippen LogP contribution in [-0.4, -0.2) is 18.0 Å². The first-order valence-corrected chi connectivity index (χ1v) is 5.08. The molecule has 0 heterocycles. The van der Waals surface area contributed by atoms with Crippen molar-refractivity contribution >= 4 is 5.91 Å². The highest BCUT2D eigenvalue weighted by Crippen LogP contribution is 2.28. The van der Waals surface area contributed by atoms with Crippen LogP contribution in [0.5, 0.6) is 0 Å². The molecule has 1 saturated carbocycles. The topological polar surface area (TPSA) is 55.1 Å². The molecule has 0 aromatic carbocycles. The zero-order valence-electron chi connectivity index (χ0n) is 8.60. The second-order valence-corrected chi connectivity index (χ2v) is 4.45. The molecule has 1 amide bonds. The maximum atomic E-state index is 10.8. The Bertz CT molecular complexity index is 185. The number of rotatable bonds is 4. The van der Waals surface area contributed by atoms with Crippen LogP contribution in [0.4, 0.5) is 0 Å². The van der Waals surface area contributed by atoms with E-state index < -0.39 is 0 Å². The van der Waals surface area contributed by atoms with Gasteiger partial charge in [-0.2, -0.15) is 0 Å². The predicted molar refractivity (Wildman–Crippen MR) is 53.2 cm³/mol. The van der Waals surface area contributed by atoms with E-state index in [1.807, 2.05) is 6.92 Å². The summed E-state index contributed by atoms with van der Waals surface area (Å²) in [5.74, 6) is -0.272. The third kappa shape index (κ3) is 2.99. The lowest BCUT2D eigenvalue weighted by Gasteiger charge is -2.26. The minimum Gasteiger partial charge on any atom is -0.369 e. The van der Waals surface area contributed by atoms with Gasteiger partial charge >= 0.3 is 0 Å². The minimum atomic E-state index is -0.214. The van der Waals surface area contributed by atoms with E-state index in [-0.39, 0.29) is 17.4 Å². The molecule has 76 valence electrons. The molecule has 0 aromatic heterocycles. The lowest BCUT2D eigenvalue weighted by molar-refractivity contribution is -0.121. The maximum Gasteiger partial charge on any atom is 0.221 e. The summed E-state index contributed by atoms with van der Waals surface area (Å²) in [4.78, 5) is 10.8. The van der Waals surface area contributed by atoms with E-state index >= 15 is 0 Å². The van der Waals surface area contributed by atoms with Gasteiger partial charge in [0.15, 0.2) is 0 Å². The zero-order chi connectivity index (χ0) is 9.90. The van der Waals surface area contributed by atoms with Crippen molar-refractivity contribution in [3.8, 4) is 0 Å². The van der Waals surface area contributed by atoms with Crippen LogP contribution in [0.25, 0.3) is 0 Å². The van der Waals surface area contributed by atoms with E-state index in [4.69, 9.17) is 5.73 Å². The van der Waals surface area contributed by atoms with Crippen molar-refractivity contribution in [3.05, 3.63) is 0 Å². The standard InChI is InChI=1S/C10H20N2O/c1-8(9(11)13)7-12-10(2)5-3-4-6-10/h8,12H,3-7H2,1-2H3,(H2,11,13). The predicted octanol–water partition coefficient (Wildman–Crippen LogP) is 1.03. The average molecular weight is 184 g/mol. The van der Waals surface area contributed by atoms with E-state index in [0.717, 1.165) is 0 Å². The molecule has 1 aliphatic rings. The van der Waals surface area contributed by atoms with E-state index in [1.54, 1.807) is 0 Å². The molecule has 0 saturated heterocycles. The third-order valence-electron chi connectivity index (χ3n) is 3.03. The molecular weight excluding hydrogens is 164 g/mol. The molecule has 0 aromatic rings. The van der Waals surface area contributed by atoms with Gasteiger partial charge in [-0.1, -0.05) is 19.8 Å². The molecule has 13 heavy (non-hydrogen) atoms. The highest BCUT2D eigenvalue weighted by atomic mass is 16.1. The van der Waals surface area contributed by atoms with E-state index in [2.05, 4.69) is 12.2 Å². The first-order chi connectivity index (χ1) is 6.03. The lowest BCUT2D eigenvalue weighted by Crippen LogP contribution is -2.44. The summed E-state index contributed by atoms with van der Waals surface area (Å²) in [5.41, 5.74) is 5.44. The Morgan fingerprint density at radius 2 is 2.08 bits per heavy atom. The average Bonchev–Trinajstić information content (AvgIpc) is 2.48. The largest absolute Gasteiger partial charge is 0.369 e. The smallest absolute Gasteiger partial charge is 0.221 e. The first kappa shape index (κ1) is 10.5. The molecule has 3 nitrogen and oxygen atoms in total. The van der Waals surface area contributed by atoms with Gasteiger partial charge in [0.2, 0.25) is 5.91 Å². The van der Waals surface area contributed by atoms with Crippen molar-refractivity contribution in [2.45, 2.75) is 45.1 Å². The van der Waals surface area contributed by atoms with Gasteiger partial charge in [0.25, 0.3) is 0 Å². The Labute approximate surface area is 80.1 Å². The number of nitrogens with one attached hydrogen (secondary N) is 1. The second-order valence-electron chi connectivity index (χ2n) is 4.45. The maximum absolute atomic E-state index is 10.8. The highest BCUT2D eigenvalue weighted by Gasteiger charge is 2.28. The molecule has 0 bridgehead atoms. The quantitative estimate of drug-likeness (QED) is 0.685. The molecule has 1 aliphatic carbocycles. The van der Waals surface area contributed by atoms with Crippen LogP contribution in [0.3, 0.4) is 0 Å². The number of hydrogen-bond acceptors (Lipinski definition) is 2. The van der Waals surface area contributed by atoms with Gasteiger partial charge in [-0.05, 0) is 19.8 Å². The summed E-state index contributed by atoms with van der Waals surface area (Å²) in [6, 6.07) is 0. The lowest BCUT2D eigenvalue weighted by atomic mass is 9.99. The normalized spacial score (nSPS) is 22.9. The number of carbonyl (C=O) groups excluding carboxylic acids is 1. The molecular formula is C10H20N2O. The van der Waals surface area contributed by atoms with Gasteiger partial charge in [0.1, 0.15) is 0 Å². The van der Waals surface area contributed by atoms with Gasteiger partial charge in [-0.15, -0.1) is 0 Å². The van der Waals surface area contributed by atoms with Crippen LogP contribution in [0, 0.1) is 5.92 Å². The molecule has 1 fully saturated rings. The van der Waals surface area contributed by atoms with Gasteiger partial charge < -0.3 is 11.1 Å². The molecule has 0 radical (unpaired) electrons. The molecule has 0 aliphatic heterocycles. The number of amides is 1. The molecule has 3 heteroatoms. The summed E-state index contributed by atoms with van der Waals surface area (Å²) in [6.07, 6.45) is 5.04. The first-order valence-electron chi connectivity index (χ1n) is 5.08. The Hall–Kier alpha value is -0.570. The van der Waals surface area contributed by atoms with Crippen molar-refractivity contribution in [1.29, 1.82) is 0 Å². The van der Waals surface area contributed by atoms with Gasteiger partial charge in [-0.3, -0.25) is 4.79 Å². The van der Waals surface area contributed by atoms with E-state index in [0.29, 0.717) is 6.54 Å². The van der Waals surface area contributed by atoms with Crippen LogP contribution in [0.15, 0.2) is 0 Å². The molecule has 0 spiro atoms. The molecule has 1 unspecified atom stereocenters. The molecule has 1 atom stereocenters. The van der Waals surface area contributed by atoms with Gasteiger partial charge in [-0.25, -0.2) is 0 Å². The van der Waals surface area contributed by atoms with Crippen molar-refractivity contribution < 1.29 is 4.79 Å². The van der Waals surface area contributed by atoms with Crippen molar-refractivity contribution in [3.63, 3.8) is 0 Å². The van der Waals surface area contributed by atoms with Crippen LogP contribution in [0.1, 0.15) is 39.5 Å². The van der Waals surface area contributed by atoms with Crippen molar-refractivity contribution in [1.82, 2.24) is 5.32 Å². The zero-order valence-corrected chi connectivity index (χ0v) is 8.60. The summed E-state index contributed by atoms with van der Waals surface area (Å²) in [6.45, 7) is 4.81. The number of carbonyl (C=O) groups is 1. The summed E-state index contributed by atoms with van der Waals surface area (Å²) < 4.78 is 0. The van der Waals surface area contributed by atoms with Crippen LogP contribution in [-0.2, 0) is 4.79 Å². The SMILES string of the molecule is CC(CNC1(C)CCCC1)C(N)=O. The molecule has 3 N–H and O–H groups in total. The van der Waals surface area contributed by atoms with Crippen LogP contribution >= 0.6 is 0 Å². The number of hydrogen-bond donors (Lipinski definition) is 2. The van der Waals surface area contributed by atoms with Crippen molar-refractivity contribution in [2.24, 2.45) is 11.7 Å². The fourth-order valence-electron chi connectivity index (χ4n) is 1.83. The summed E-state index contributed by atoms with van der Waals surface area (Å²) in [5, 5.41) is 3.44. The van der Waals surface area contributed by atoms with E-state index in [1.165, 1.54) is 25.7 Å².